The molecule has 0 spiro atoms. The summed E-state index contributed by atoms with van der Waals surface area (Å²) >= 11 is 0. The maximum Gasteiger partial charge on any atom is 0.303 e. The number of aliphatic carboxylic acids is 1. The first-order valence-corrected chi connectivity index (χ1v) is 5.83. The van der Waals surface area contributed by atoms with Gasteiger partial charge in [0.05, 0.1) is 6.61 Å². The van der Waals surface area contributed by atoms with Crippen LogP contribution in [0, 0.1) is 0 Å². The van der Waals surface area contributed by atoms with Crippen LogP contribution >= 0.6 is 0 Å². The number of carbonyl (C=O) groups is 1. The number of ether oxygens (including phenoxy) is 1. The second-order valence-electron chi connectivity index (χ2n) is 3.93. The zero-order chi connectivity index (χ0) is 12.7. The molecule has 0 heterocycles. The van der Waals surface area contributed by atoms with Crippen molar-refractivity contribution in [3.05, 3.63) is 29.8 Å². The second kappa shape index (κ2) is 6.91. The first kappa shape index (κ1) is 13.5. The SMILES string of the molecule is CCC(N)c1cccc(OCCCC(=O)O)c1. The lowest BCUT2D eigenvalue weighted by Crippen LogP contribution is -2.09. The van der Waals surface area contributed by atoms with Crippen molar-refractivity contribution in [1.82, 2.24) is 0 Å². The van der Waals surface area contributed by atoms with Crippen LogP contribution in [0.4, 0.5) is 0 Å². The maximum atomic E-state index is 10.3. The predicted octanol–water partition coefficient (Wildman–Crippen LogP) is 2.34. The molecule has 0 aliphatic heterocycles. The molecule has 94 valence electrons. The highest BCUT2D eigenvalue weighted by atomic mass is 16.5. The summed E-state index contributed by atoms with van der Waals surface area (Å²) in [7, 11) is 0. The summed E-state index contributed by atoms with van der Waals surface area (Å²) in [5, 5.41) is 8.49. The minimum Gasteiger partial charge on any atom is -0.494 e. The zero-order valence-corrected chi connectivity index (χ0v) is 10.1. The summed E-state index contributed by atoms with van der Waals surface area (Å²) in [4.78, 5) is 10.3. The lowest BCUT2D eigenvalue weighted by Gasteiger charge is -2.11. The van der Waals surface area contributed by atoms with E-state index in [1.165, 1.54) is 0 Å². The Bertz CT molecular complexity index is 365. The molecule has 0 fully saturated rings. The molecular weight excluding hydrogens is 218 g/mol. The van der Waals surface area contributed by atoms with Crippen molar-refractivity contribution in [2.24, 2.45) is 5.73 Å². The van der Waals surface area contributed by atoms with Crippen LogP contribution in [0.3, 0.4) is 0 Å². The van der Waals surface area contributed by atoms with Crippen molar-refractivity contribution < 1.29 is 14.6 Å². The third-order valence-electron chi connectivity index (χ3n) is 2.53. The topological polar surface area (TPSA) is 72.5 Å². The van der Waals surface area contributed by atoms with E-state index in [1.54, 1.807) is 0 Å². The lowest BCUT2D eigenvalue weighted by molar-refractivity contribution is -0.137. The van der Waals surface area contributed by atoms with Gasteiger partial charge in [0.1, 0.15) is 5.75 Å². The number of rotatable bonds is 7. The predicted molar refractivity (Wildman–Crippen MR) is 66.0 cm³/mol. The number of carboxylic acid groups (broad SMARTS) is 1. The molecule has 0 aliphatic rings. The third kappa shape index (κ3) is 4.87. The molecule has 1 unspecified atom stereocenters. The van der Waals surface area contributed by atoms with Crippen molar-refractivity contribution in [3.63, 3.8) is 0 Å². The number of hydrogen-bond acceptors (Lipinski definition) is 3. The average molecular weight is 237 g/mol. The fourth-order valence-electron chi connectivity index (χ4n) is 1.48. The minimum atomic E-state index is -0.796. The molecule has 3 N–H and O–H groups in total. The van der Waals surface area contributed by atoms with Crippen LogP contribution in [0.2, 0.25) is 0 Å². The van der Waals surface area contributed by atoms with Crippen molar-refractivity contribution in [1.29, 1.82) is 0 Å². The molecule has 4 heteroatoms. The summed E-state index contributed by atoms with van der Waals surface area (Å²) in [6.07, 6.45) is 1.52. The van der Waals surface area contributed by atoms with E-state index in [4.69, 9.17) is 15.6 Å². The van der Waals surface area contributed by atoms with Gasteiger partial charge in [-0.15, -0.1) is 0 Å². The van der Waals surface area contributed by atoms with Crippen molar-refractivity contribution >= 4 is 5.97 Å². The molecule has 1 aromatic carbocycles. The van der Waals surface area contributed by atoms with Gasteiger partial charge in [-0.2, -0.15) is 0 Å². The lowest BCUT2D eigenvalue weighted by atomic mass is 10.1. The van der Waals surface area contributed by atoms with Crippen LogP contribution in [0.25, 0.3) is 0 Å². The Morgan fingerprint density at radius 1 is 1.53 bits per heavy atom. The number of benzene rings is 1. The molecule has 0 amide bonds. The van der Waals surface area contributed by atoms with Crippen LogP contribution in [0.15, 0.2) is 24.3 Å². The van der Waals surface area contributed by atoms with Crippen molar-refractivity contribution in [2.75, 3.05) is 6.61 Å². The first-order valence-electron chi connectivity index (χ1n) is 5.83. The van der Waals surface area contributed by atoms with Crippen LogP contribution in [0.1, 0.15) is 37.8 Å². The van der Waals surface area contributed by atoms with Gasteiger partial charge in [0, 0.05) is 12.5 Å². The van der Waals surface area contributed by atoms with E-state index >= 15 is 0 Å². The third-order valence-corrected chi connectivity index (χ3v) is 2.53. The molecule has 0 aromatic heterocycles. The summed E-state index contributed by atoms with van der Waals surface area (Å²) < 4.78 is 5.47. The molecule has 4 nitrogen and oxygen atoms in total. The van der Waals surface area contributed by atoms with Gasteiger partial charge in [0.2, 0.25) is 0 Å². The summed E-state index contributed by atoms with van der Waals surface area (Å²) in [5.41, 5.74) is 6.97. The number of carboxylic acids is 1. The number of nitrogens with two attached hydrogens (primary N) is 1. The van der Waals surface area contributed by atoms with Gasteiger partial charge in [-0.05, 0) is 30.5 Å². The van der Waals surface area contributed by atoms with E-state index < -0.39 is 5.97 Å². The Balaban J connectivity index is 2.45. The highest BCUT2D eigenvalue weighted by molar-refractivity contribution is 5.66. The van der Waals surface area contributed by atoms with Gasteiger partial charge >= 0.3 is 5.97 Å². The molecule has 1 rings (SSSR count). The molecule has 17 heavy (non-hydrogen) atoms. The van der Waals surface area contributed by atoms with Crippen LogP contribution in [-0.2, 0) is 4.79 Å². The summed E-state index contributed by atoms with van der Waals surface area (Å²) in [6.45, 7) is 2.45. The Hall–Kier alpha value is -1.55. The molecule has 1 atom stereocenters. The summed E-state index contributed by atoms with van der Waals surface area (Å²) in [6, 6.07) is 7.66. The minimum absolute atomic E-state index is 0.0255. The fourth-order valence-corrected chi connectivity index (χ4v) is 1.48. The van der Waals surface area contributed by atoms with Crippen LogP contribution in [0.5, 0.6) is 5.75 Å². The first-order chi connectivity index (χ1) is 8.13. The van der Waals surface area contributed by atoms with E-state index in [1.807, 2.05) is 31.2 Å². The molecule has 0 radical (unpaired) electrons. The average Bonchev–Trinajstić information content (AvgIpc) is 2.34. The van der Waals surface area contributed by atoms with Gasteiger partial charge in [0.25, 0.3) is 0 Å². The highest BCUT2D eigenvalue weighted by Crippen LogP contribution is 2.19. The Morgan fingerprint density at radius 3 is 2.94 bits per heavy atom. The Kier molecular flexibility index (Phi) is 5.49. The molecular formula is C13H19NO3. The highest BCUT2D eigenvalue weighted by Gasteiger charge is 2.04. The zero-order valence-electron chi connectivity index (χ0n) is 10.1. The van der Waals surface area contributed by atoms with Crippen molar-refractivity contribution in [2.45, 2.75) is 32.2 Å². The largest absolute Gasteiger partial charge is 0.494 e. The van der Waals surface area contributed by atoms with Crippen molar-refractivity contribution in [3.8, 4) is 5.75 Å². The molecule has 0 bridgehead atoms. The van der Waals surface area contributed by atoms with Crippen LogP contribution in [-0.4, -0.2) is 17.7 Å². The second-order valence-corrected chi connectivity index (χ2v) is 3.93. The quantitative estimate of drug-likeness (QED) is 0.714. The summed E-state index contributed by atoms with van der Waals surface area (Å²) in [5.74, 6) is -0.0489. The normalized spacial score (nSPS) is 12.1. The Labute approximate surface area is 101 Å². The fraction of sp³-hybridized carbons (Fsp3) is 0.462. The van der Waals surface area contributed by atoms with E-state index in [-0.39, 0.29) is 12.5 Å². The standard InChI is InChI=1S/C13H19NO3/c1-2-12(14)10-5-3-6-11(9-10)17-8-4-7-13(15)16/h3,5-6,9,12H,2,4,7-8,14H2,1H3,(H,15,16). The van der Waals surface area contributed by atoms with E-state index in [0.29, 0.717) is 13.0 Å². The maximum absolute atomic E-state index is 10.3. The molecule has 1 aromatic rings. The van der Waals surface area contributed by atoms with Gasteiger partial charge in [-0.25, -0.2) is 0 Å². The monoisotopic (exact) mass is 237 g/mol. The van der Waals surface area contributed by atoms with Crippen LogP contribution < -0.4 is 10.5 Å². The smallest absolute Gasteiger partial charge is 0.303 e. The van der Waals surface area contributed by atoms with Gasteiger partial charge < -0.3 is 15.6 Å². The van der Waals surface area contributed by atoms with Gasteiger partial charge in [0.15, 0.2) is 0 Å². The number of hydrogen-bond donors (Lipinski definition) is 2. The molecule has 0 saturated carbocycles. The van der Waals surface area contributed by atoms with E-state index in [0.717, 1.165) is 17.7 Å². The Morgan fingerprint density at radius 2 is 2.29 bits per heavy atom. The van der Waals surface area contributed by atoms with Gasteiger partial charge in [-0.3, -0.25) is 4.79 Å². The molecule has 0 aliphatic carbocycles. The van der Waals surface area contributed by atoms with Gasteiger partial charge in [-0.1, -0.05) is 19.1 Å². The molecule has 0 saturated heterocycles. The van der Waals surface area contributed by atoms with E-state index in [9.17, 15) is 4.79 Å². The van der Waals surface area contributed by atoms with E-state index in [2.05, 4.69) is 0 Å².